The minimum Gasteiger partial charge on any atom is -0.390 e. The number of Topliss-reactive ketones (excluding diaryl/α,β-unsaturated/α-hetero) is 3. The third-order valence-electron chi connectivity index (χ3n) is 20.3. The van der Waals surface area contributed by atoms with Crippen LogP contribution in [-0.2, 0) is 59.2 Å². The fourth-order valence-electron chi connectivity index (χ4n) is 13.7. The molecule has 572 valence electrons. The van der Waals surface area contributed by atoms with Crippen LogP contribution in [0.15, 0.2) is 36.4 Å². The van der Waals surface area contributed by atoms with E-state index >= 15 is 33.6 Å². The molecule has 0 saturated carbocycles. The molecule has 0 bridgehead atoms. The highest BCUT2D eigenvalue weighted by molar-refractivity contribution is 6.00. The number of carbonyl (C=O) groups is 12. The van der Waals surface area contributed by atoms with Crippen molar-refractivity contribution in [3.05, 3.63) is 47.5 Å². The lowest BCUT2D eigenvalue weighted by Crippen LogP contribution is -2.61. The standard InChI is InChI=1S/C78H132N10O13/c1-24-27-33-52(14)69(92)68-66(91)45-56(26-3)73(96)85(20)63(44-55-34-36-57(37-35-55)71(94)80-39-31-29-28-30-38-79)76(99)84(19)61(41-48(6)7)65(90)46-58(50(10)11)74(97)83(18)60(40-47(4)5)64(89)43-53(15)70(93)81-54(16)72(95)82(17)59(32-25-2)75(98)86(21)62(42-49(8)9)77(100)87(22)67(51(12)13)78(101)88(68)23/h24,27,34-37,47-54,56,58-63,67-69,92H,25-26,28-33,38-46,79H2,1-23H3,(H,80,94)(H,81,93)/b27-24+/t52-,53-,54-,56-,58+,59+,60+,61+,62+,63?,67+,68-,69-/m1/s1. The van der Waals surface area contributed by atoms with Crippen LogP contribution in [0, 0.1) is 53.3 Å². The van der Waals surface area contributed by atoms with Crippen LogP contribution in [0.5, 0.6) is 0 Å². The zero-order valence-electron chi connectivity index (χ0n) is 65.9. The first-order valence-corrected chi connectivity index (χ1v) is 37.3. The van der Waals surface area contributed by atoms with E-state index in [1.165, 1.54) is 85.7 Å². The number of ketones is 3. The normalized spacial score (nSPS) is 25.3. The molecule has 1 unspecified atom stereocenters. The molecule has 1 saturated heterocycles. The number of carbonyl (C=O) groups excluding carboxylic acids is 12. The van der Waals surface area contributed by atoms with Gasteiger partial charge in [-0.15, -0.1) is 0 Å². The van der Waals surface area contributed by atoms with Crippen molar-refractivity contribution in [1.29, 1.82) is 0 Å². The summed E-state index contributed by atoms with van der Waals surface area (Å²) in [5.74, 6) is -11.8. The van der Waals surface area contributed by atoms with Crippen molar-refractivity contribution < 1.29 is 62.6 Å². The van der Waals surface area contributed by atoms with Gasteiger partial charge in [0.25, 0.3) is 5.91 Å². The lowest BCUT2D eigenvalue weighted by Gasteiger charge is -2.41. The molecule has 1 heterocycles. The van der Waals surface area contributed by atoms with Gasteiger partial charge in [0, 0.05) is 105 Å². The van der Waals surface area contributed by atoms with E-state index in [0.717, 1.165) is 30.6 Å². The molecule has 1 aromatic rings. The van der Waals surface area contributed by atoms with E-state index in [1.807, 2.05) is 61.5 Å². The van der Waals surface area contributed by atoms with Crippen molar-refractivity contribution in [2.24, 2.45) is 59.0 Å². The highest BCUT2D eigenvalue weighted by atomic mass is 16.3. The summed E-state index contributed by atoms with van der Waals surface area (Å²) < 4.78 is 0. The van der Waals surface area contributed by atoms with Crippen molar-refractivity contribution in [2.75, 3.05) is 62.4 Å². The number of unbranched alkanes of at least 4 members (excludes halogenated alkanes) is 3. The Labute approximate surface area is 606 Å². The molecule has 1 aromatic carbocycles. The Bertz CT molecular complexity index is 2930. The number of benzene rings is 1. The summed E-state index contributed by atoms with van der Waals surface area (Å²) >= 11 is 0. The second-order valence-corrected chi connectivity index (χ2v) is 30.8. The van der Waals surface area contributed by atoms with Crippen molar-refractivity contribution in [3.63, 3.8) is 0 Å². The molecule has 1 aliphatic rings. The van der Waals surface area contributed by atoms with E-state index in [0.29, 0.717) is 37.1 Å². The van der Waals surface area contributed by atoms with Gasteiger partial charge in [0.2, 0.25) is 47.3 Å². The molecule has 2 rings (SSSR count). The van der Waals surface area contributed by atoms with Gasteiger partial charge in [0.05, 0.1) is 18.2 Å². The number of likely N-dealkylation sites (N-methyl/N-ethyl adjacent to an activating group) is 7. The summed E-state index contributed by atoms with van der Waals surface area (Å²) in [5.41, 5.74) is 6.59. The molecule has 23 nitrogen and oxygen atoms in total. The Kier molecular flexibility index (Phi) is 38.7. The van der Waals surface area contributed by atoms with Crippen molar-refractivity contribution in [1.82, 2.24) is 44.9 Å². The first-order valence-electron chi connectivity index (χ1n) is 37.3. The number of hydrogen-bond donors (Lipinski definition) is 4. The molecule has 101 heavy (non-hydrogen) atoms. The highest BCUT2D eigenvalue weighted by Crippen LogP contribution is 2.30. The first-order chi connectivity index (χ1) is 47.2. The molecule has 13 atom stereocenters. The minimum absolute atomic E-state index is 0.0692. The van der Waals surface area contributed by atoms with Gasteiger partial charge in [0.15, 0.2) is 17.3 Å². The van der Waals surface area contributed by atoms with Gasteiger partial charge in [0.1, 0.15) is 36.3 Å². The second-order valence-electron chi connectivity index (χ2n) is 30.8. The largest absolute Gasteiger partial charge is 0.390 e. The van der Waals surface area contributed by atoms with E-state index in [1.54, 1.807) is 78.8 Å². The molecule has 1 fully saturated rings. The smallest absolute Gasteiger partial charge is 0.251 e. The number of allylic oxidation sites excluding steroid dienone is 2. The van der Waals surface area contributed by atoms with Crippen LogP contribution in [0.25, 0.3) is 0 Å². The third-order valence-corrected chi connectivity index (χ3v) is 20.3. The third kappa shape index (κ3) is 26.1. The summed E-state index contributed by atoms with van der Waals surface area (Å²) in [6.45, 7) is 29.7. The zero-order valence-corrected chi connectivity index (χ0v) is 65.9. The summed E-state index contributed by atoms with van der Waals surface area (Å²) in [5, 5.41) is 18.1. The molecule has 0 aromatic heterocycles. The van der Waals surface area contributed by atoms with E-state index in [2.05, 4.69) is 10.6 Å². The average molecular weight is 1420 g/mol. The molecule has 0 spiro atoms. The number of nitrogens with zero attached hydrogens (tertiary/aromatic N) is 7. The second kappa shape index (κ2) is 43.3. The highest BCUT2D eigenvalue weighted by Gasteiger charge is 2.46. The molecule has 1 aliphatic heterocycles. The maximum Gasteiger partial charge on any atom is 0.251 e. The molecule has 5 N–H and O–H groups in total. The number of nitrogens with two attached hydrogens (primary N) is 1. The van der Waals surface area contributed by atoms with Crippen LogP contribution in [0.4, 0.5) is 0 Å². The van der Waals surface area contributed by atoms with Crippen LogP contribution >= 0.6 is 0 Å². The molecular formula is C78H132N10O13. The summed E-state index contributed by atoms with van der Waals surface area (Å²) in [4.78, 5) is 188. The van der Waals surface area contributed by atoms with E-state index in [9.17, 15) is 29.1 Å². The monoisotopic (exact) mass is 1420 g/mol. The van der Waals surface area contributed by atoms with Crippen LogP contribution in [0.2, 0.25) is 0 Å². The lowest BCUT2D eigenvalue weighted by molar-refractivity contribution is -0.157. The maximum atomic E-state index is 15.7. The number of aliphatic hydroxyl groups is 1. The van der Waals surface area contributed by atoms with Crippen LogP contribution < -0.4 is 16.4 Å². The van der Waals surface area contributed by atoms with Crippen LogP contribution in [0.3, 0.4) is 0 Å². The Balaban J connectivity index is 3.15. The Morgan fingerprint density at radius 1 is 0.554 bits per heavy atom. The average Bonchev–Trinajstić information content (AvgIpc) is 0.808. The van der Waals surface area contributed by atoms with Crippen molar-refractivity contribution >= 4 is 70.5 Å². The van der Waals surface area contributed by atoms with Crippen LogP contribution in [-0.4, -0.2) is 227 Å². The fourth-order valence-corrected chi connectivity index (χ4v) is 13.7. The van der Waals surface area contributed by atoms with Crippen molar-refractivity contribution in [3.8, 4) is 0 Å². The van der Waals surface area contributed by atoms with Crippen molar-refractivity contribution in [2.45, 2.75) is 262 Å². The van der Waals surface area contributed by atoms with Gasteiger partial charge in [-0.05, 0) is 125 Å². The van der Waals surface area contributed by atoms with Gasteiger partial charge < -0.3 is 55.8 Å². The van der Waals surface area contributed by atoms with E-state index in [-0.39, 0.29) is 75.0 Å². The van der Waals surface area contributed by atoms with Gasteiger partial charge in [-0.3, -0.25) is 57.5 Å². The van der Waals surface area contributed by atoms with Gasteiger partial charge in [-0.1, -0.05) is 140 Å². The van der Waals surface area contributed by atoms with Gasteiger partial charge in [-0.25, -0.2) is 0 Å². The van der Waals surface area contributed by atoms with Gasteiger partial charge >= 0.3 is 0 Å². The summed E-state index contributed by atoms with van der Waals surface area (Å²) in [7, 11) is 10.2. The van der Waals surface area contributed by atoms with Gasteiger partial charge in [-0.2, -0.15) is 0 Å². The molecule has 23 heteroatoms. The number of amides is 9. The first kappa shape index (κ1) is 90.2. The Hall–Kier alpha value is -6.88. The summed E-state index contributed by atoms with van der Waals surface area (Å²) in [6.07, 6.45) is 5.95. The molecular weight excluding hydrogens is 1280 g/mol. The fraction of sp³-hybridized carbons (Fsp3) is 0.744. The lowest BCUT2D eigenvalue weighted by atomic mass is 9.84. The predicted molar refractivity (Wildman–Crippen MR) is 396 cm³/mol. The predicted octanol–water partition coefficient (Wildman–Crippen LogP) is 8.16. The molecule has 0 radical (unpaired) electrons. The number of hydrogen-bond acceptors (Lipinski definition) is 14. The SMILES string of the molecule is C/C=C/C[C@@H](C)[C@@H](O)[C@H]1C(=O)C[C@@H](CC)C(=O)N(C)C(Cc2ccc(C(=O)NCCCCCCN)cc2)C(=O)N(C)[C@@H](CC(C)C)C(=O)C[C@@H](C(C)C)C(=O)N(C)[C@@H](CC(C)C)C(=O)C[C@@H](C)C(=O)N[C@H](C)C(=O)N(C)[C@@H](CCC)C(=O)N(C)[C@@H](CC(C)C)C(=O)N(C)[C@@H](C(C)C)C(=O)N1C. The molecule has 9 amide bonds. The summed E-state index contributed by atoms with van der Waals surface area (Å²) in [6, 6.07) is -3.09. The van der Waals surface area contributed by atoms with E-state index < -0.39 is 161 Å². The van der Waals surface area contributed by atoms with E-state index in [4.69, 9.17) is 5.73 Å². The molecule has 0 aliphatic carbocycles. The number of nitrogens with one attached hydrogen (secondary N) is 2. The Morgan fingerprint density at radius 2 is 1.03 bits per heavy atom. The quantitative estimate of drug-likeness (QED) is 0.0561. The maximum absolute atomic E-state index is 15.7. The topological polar surface area (TPSA) is 298 Å². The Morgan fingerprint density at radius 3 is 1.53 bits per heavy atom. The minimum atomic E-state index is -1.56. The number of rotatable bonds is 24. The number of aliphatic hydroxyl groups excluding tert-OH is 1. The van der Waals surface area contributed by atoms with Crippen LogP contribution in [0.1, 0.15) is 217 Å². The zero-order chi connectivity index (χ0) is 77.2.